The molecule has 1 unspecified atom stereocenters. The van der Waals surface area contributed by atoms with Gasteiger partial charge in [-0.2, -0.15) is 0 Å². The molecular formula is C12H16F3O4P. The molecule has 114 valence electrons. The maximum Gasteiger partial charge on any atom is 0.573 e. The number of hydrogen-bond acceptors (Lipinski definition) is 4. The van der Waals surface area contributed by atoms with E-state index in [4.69, 9.17) is 9.05 Å². The monoisotopic (exact) mass is 312 g/mol. The summed E-state index contributed by atoms with van der Waals surface area (Å²) < 4.78 is 61.9. The molecule has 0 radical (unpaired) electrons. The second kappa shape index (κ2) is 7.11. The van der Waals surface area contributed by atoms with Crippen LogP contribution in [0.15, 0.2) is 24.3 Å². The summed E-state index contributed by atoms with van der Waals surface area (Å²) in [6.07, 6.45) is -4.49. The highest BCUT2D eigenvalue weighted by Gasteiger charge is 2.31. The molecule has 0 bridgehead atoms. The van der Waals surface area contributed by atoms with Gasteiger partial charge in [-0.25, -0.2) is 0 Å². The van der Waals surface area contributed by atoms with Crippen molar-refractivity contribution in [2.45, 2.75) is 26.8 Å². The van der Waals surface area contributed by atoms with E-state index in [0.717, 1.165) is 0 Å². The lowest BCUT2D eigenvalue weighted by Gasteiger charge is -2.16. The van der Waals surface area contributed by atoms with E-state index in [0.29, 0.717) is 5.56 Å². The summed E-state index contributed by atoms with van der Waals surface area (Å²) in [4.78, 5) is 0. The fourth-order valence-electron chi connectivity index (χ4n) is 1.38. The zero-order valence-electron chi connectivity index (χ0n) is 11.1. The predicted octanol–water partition coefficient (Wildman–Crippen LogP) is 4.35. The molecule has 0 heterocycles. The molecule has 4 nitrogen and oxygen atoms in total. The van der Waals surface area contributed by atoms with Crippen LogP contribution in [0.1, 0.15) is 19.4 Å². The maximum absolute atomic E-state index is 12.0. The van der Waals surface area contributed by atoms with Gasteiger partial charge in [0.2, 0.25) is 0 Å². The second-order valence-corrected chi connectivity index (χ2v) is 6.18. The largest absolute Gasteiger partial charge is 0.573 e. The fraction of sp³-hybridized carbons (Fsp3) is 0.500. The van der Waals surface area contributed by atoms with E-state index in [1.807, 2.05) is 0 Å². The van der Waals surface area contributed by atoms with Crippen molar-refractivity contribution in [1.82, 2.24) is 0 Å². The van der Waals surface area contributed by atoms with Gasteiger partial charge < -0.3 is 13.8 Å². The van der Waals surface area contributed by atoms with Crippen LogP contribution in [0, 0.1) is 0 Å². The van der Waals surface area contributed by atoms with Gasteiger partial charge in [-0.05, 0) is 24.6 Å². The fourth-order valence-corrected chi connectivity index (χ4v) is 2.56. The average Bonchev–Trinajstić information content (AvgIpc) is 2.37. The first-order valence-corrected chi connectivity index (χ1v) is 7.73. The minimum Gasteiger partial charge on any atom is -0.406 e. The van der Waals surface area contributed by atoms with Crippen molar-refractivity contribution in [3.8, 4) is 5.75 Å². The van der Waals surface area contributed by atoms with E-state index in [-0.39, 0.29) is 25.1 Å². The Hall–Kier alpha value is -1.04. The lowest BCUT2D eigenvalue weighted by Crippen LogP contribution is -2.17. The Bertz CT molecular complexity index is 459. The smallest absolute Gasteiger partial charge is 0.406 e. The molecule has 0 aliphatic rings. The Balaban J connectivity index is 2.60. The van der Waals surface area contributed by atoms with Crippen LogP contribution in [0.2, 0.25) is 0 Å². The quantitative estimate of drug-likeness (QED) is 0.702. The van der Waals surface area contributed by atoms with E-state index in [1.165, 1.54) is 24.3 Å². The number of alkyl halides is 3. The number of benzene rings is 1. The number of hydrogen-bond donors (Lipinski definition) is 0. The SMILES string of the molecule is CCOP(=O)(CC)OCc1ccc(OC(F)(F)F)cc1. The molecule has 1 atom stereocenters. The highest BCUT2D eigenvalue weighted by Crippen LogP contribution is 2.48. The molecule has 0 aliphatic carbocycles. The van der Waals surface area contributed by atoms with Crippen LogP contribution in [0.4, 0.5) is 13.2 Å². The third-order valence-corrected chi connectivity index (χ3v) is 4.25. The van der Waals surface area contributed by atoms with Crippen LogP contribution < -0.4 is 4.74 Å². The highest BCUT2D eigenvalue weighted by molar-refractivity contribution is 7.53. The Morgan fingerprint density at radius 3 is 2.15 bits per heavy atom. The summed E-state index contributed by atoms with van der Waals surface area (Å²) in [6.45, 7) is 3.65. The van der Waals surface area contributed by atoms with Gasteiger partial charge in [0.25, 0.3) is 0 Å². The summed E-state index contributed by atoms with van der Waals surface area (Å²) in [5.41, 5.74) is 0.577. The second-order valence-electron chi connectivity index (χ2n) is 3.81. The summed E-state index contributed by atoms with van der Waals surface area (Å²) in [5.74, 6) is -0.315. The van der Waals surface area contributed by atoms with Crippen molar-refractivity contribution < 1.29 is 31.5 Å². The van der Waals surface area contributed by atoms with Crippen molar-refractivity contribution in [2.24, 2.45) is 0 Å². The molecule has 0 saturated heterocycles. The predicted molar refractivity (Wildman–Crippen MR) is 67.7 cm³/mol. The minimum atomic E-state index is -4.72. The molecule has 0 aliphatic heterocycles. The van der Waals surface area contributed by atoms with Crippen LogP contribution in [-0.2, 0) is 20.2 Å². The number of ether oxygens (including phenoxy) is 1. The molecule has 1 rings (SSSR count). The molecule has 1 aromatic carbocycles. The summed E-state index contributed by atoms with van der Waals surface area (Å²) in [5, 5.41) is 0. The van der Waals surface area contributed by atoms with Crippen LogP contribution in [-0.4, -0.2) is 19.1 Å². The molecule has 1 aromatic rings. The number of rotatable bonds is 7. The van der Waals surface area contributed by atoms with Crippen LogP contribution >= 0.6 is 7.60 Å². The highest BCUT2D eigenvalue weighted by atomic mass is 31.2. The zero-order valence-corrected chi connectivity index (χ0v) is 12.0. The average molecular weight is 312 g/mol. The Kier molecular flexibility index (Phi) is 6.05. The van der Waals surface area contributed by atoms with Crippen molar-refractivity contribution in [2.75, 3.05) is 12.8 Å². The van der Waals surface area contributed by atoms with Crippen molar-refractivity contribution in [3.63, 3.8) is 0 Å². The topological polar surface area (TPSA) is 44.8 Å². The van der Waals surface area contributed by atoms with Gasteiger partial charge in [-0.15, -0.1) is 13.2 Å². The molecule has 0 amide bonds. The van der Waals surface area contributed by atoms with Gasteiger partial charge in [0, 0.05) is 6.16 Å². The Labute approximate surface area is 115 Å². The van der Waals surface area contributed by atoms with E-state index in [2.05, 4.69) is 4.74 Å². The third kappa shape index (κ3) is 5.94. The van der Waals surface area contributed by atoms with Crippen molar-refractivity contribution in [3.05, 3.63) is 29.8 Å². The van der Waals surface area contributed by atoms with Crippen molar-refractivity contribution in [1.29, 1.82) is 0 Å². The van der Waals surface area contributed by atoms with E-state index < -0.39 is 14.0 Å². The molecule has 0 fully saturated rings. The zero-order chi connectivity index (χ0) is 15.2. The van der Waals surface area contributed by atoms with Gasteiger partial charge in [-0.1, -0.05) is 19.1 Å². The lowest BCUT2D eigenvalue weighted by molar-refractivity contribution is -0.274. The minimum absolute atomic E-state index is 0.00256. The summed E-state index contributed by atoms with van der Waals surface area (Å²) >= 11 is 0. The molecule has 0 saturated carbocycles. The van der Waals surface area contributed by atoms with Crippen molar-refractivity contribution >= 4 is 7.60 Å². The van der Waals surface area contributed by atoms with E-state index in [9.17, 15) is 17.7 Å². The standard InChI is InChI=1S/C12H16F3O4P/c1-3-17-20(16,4-2)18-9-10-5-7-11(8-6-10)19-12(13,14)15/h5-8H,3-4,9H2,1-2H3. The first-order chi connectivity index (χ1) is 9.28. The van der Waals surface area contributed by atoms with Gasteiger partial charge in [0.15, 0.2) is 0 Å². The number of halogens is 3. The molecule has 0 N–H and O–H groups in total. The van der Waals surface area contributed by atoms with Crippen LogP contribution in [0.3, 0.4) is 0 Å². The molecule has 8 heteroatoms. The first kappa shape index (κ1) is 17.0. The van der Waals surface area contributed by atoms with E-state index in [1.54, 1.807) is 13.8 Å². The first-order valence-electron chi connectivity index (χ1n) is 6.01. The summed E-state index contributed by atoms with van der Waals surface area (Å²) in [7, 11) is -3.12. The Morgan fingerprint density at radius 2 is 1.70 bits per heavy atom. The van der Waals surface area contributed by atoms with Crippen LogP contribution in [0.25, 0.3) is 0 Å². The van der Waals surface area contributed by atoms with Gasteiger partial charge in [-0.3, -0.25) is 4.57 Å². The summed E-state index contributed by atoms with van der Waals surface area (Å²) in [6, 6.07) is 5.16. The van der Waals surface area contributed by atoms with E-state index >= 15 is 0 Å². The molecular weight excluding hydrogens is 296 g/mol. The third-order valence-electron chi connectivity index (χ3n) is 2.30. The van der Waals surface area contributed by atoms with Gasteiger partial charge in [0.05, 0.1) is 13.2 Å². The normalized spacial score (nSPS) is 14.8. The molecule has 0 aromatic heterocycles. The molecule has 0 spiro atoms. The van der Waals surface area contributed by atoms with Gasteiger partial charge in [0.1, 0.15) is 5.75 Å². The lowest BCUT2D eigenvalue weighted by atomic mass is 10.2. The maximum atomic E-state index is 12.0. The van der Waals surface area contributed by atoms with Gasteiger partial charge >= 0.3 is 14.0 Å². The molecule has 20 heavy (non-hydrogen) atoms. The Morgan fingerprint density at radius 1 is 1.10 bits per heavy atom. The van der Waals surface area contributed by atoms with Crippen LogP contribution in [0.5, 0.6) is 5.75 Å².